The predicted molar refractivity (Wildman–Crippen MR) is 92.5 cm³/mol. The molecule has 1 aromatic heterocycles. The second-order valence-electron chi connectivity index (χ2n) is 4.86. The minimum absolute atomic E-state index is 0.135. The van der Waals surface area contributed by atoms with E-state index in [0.717, 1.165) is 5.69 Å². The summed E-state index contributed by atoms with van der Waals surface area (Å²) in [4.78, 5) is 17.2. The molecule has 1 heterocycles. The number of hydrogen-bond acceptors (Lipinski definition) is 4. The number of benzene rings is 2. The monoisotopic (exact) mass is 322 g/mol. The maximum atomic E-state index is 12.9. The molecule has 3 aromatic rings. The van der Waals surface area contributed by atoms with Gasteiger partial charge in [-0.2, -0.15) is 5.10 Å². The van der Waals surface area contributed by atoms with E-state index in [4.69, 9.17) is 12.2 Å². The lowest BCUT2D eigenvalue weighted by Gasteiger charge is -2.18. The van der Waals surface area contributed by atoms with Gasteiger partial charge in [0.25, 0.3) is 0 Å². The fourth-order valence-corrected chi connectivity index (χ4v) is 2.54. The first-order valence-electron chi connectivity index (χ1n) is 7.05. The van der Waals surface area contributed by atoms with E-state index in [1.165, 1.54) is 17.3 Å². The second kappa shape index (κ2) is 6.93. The van der Waals surface area contributed by atoms with Gasteiger partial charge in [-0.1, -0.05) is 60.7 Å². The van der Waals surface area contributed by atoms with Gasteiger partial charge in [0.1, 0.15) is 17.6 Å². The van der Waals surface area contributed by atoms with E-state index < -0.39 is 6.04 Å². The third kappa shape index (κ3) is 3.49. The number of carbonyl (C=O) groups is 1. The van der Waals surface area contributed by atoms with Gasteiger partial charge in [-0.05, 0) is 12.1 Å². The highest BCUT2D eigenvalue weighted by molar-refractivity contribution is 7.80. The summed E-state index contributed by atoms with van der Waals surface area (Å²) >= 11 is 5.46. The van der Waals surface area contributed by atoms with E-state index in [0.29, 0.717) is 10.6 Å². The first-order chi connectivity index (χ1) is 11.3. The normalized spacial score (nSPS) is 11.7. The van der Waals surface area contributed by atoms with Crippen molar-refractivity contribution in [2.45, 2.75) is 6.04 Å². The summed E-state index contributed by atoms with van der Waals surface area (Å²) in [5.74, 6) is -0.135. The largest absolute Gasteiger partial charge is 0.348 e. The van der Waals surface area contributed by atoms with Crippen molar-refractivity contribution in [1.82, 2.24) is 14.8 Å². The first kappa shape index (κ1) is 15.1. The Morgan fingerprint density at radius 1 is 1.04 bits per heavy atom. The number of aromatic nitrogens is 3. The van der Waals surface area contributed by atoms with Crippen molar-refractivity contribution in [1.29, 1.82) is 0 Å². The molecule has 1 unspecified atom stereocenters. The molecule has 0 amide bonds. The Hall–Kier alpha value is -2.86. The predicted octanol–water partition coefficient (Wildman–Crippen LogP) is 3.14. The van der Waals surface area contributed by atoms with E-state index in [1.807, 2.05) is 48.5 Å². The van der Waals surface area contributed by atoms with Crippen molar-refractivity contribution in [2.24, 2.45) is 0 Å². The SMILES string of the molecule is O=C(c1ccccc1)C(C(=S)Nc1ccccc1)n1cncn1. The van der Waals surface area contributed by atoms with Crippen LogP contribution in [0.25, 0.3) is 0 Å². The van der Waals surface area contributed by atoms with Crippen LogP contribution in [-0.2, 0) is 0 Å². The van der Waals surface area contributed by atoms with Crippen LogP contribution < -0.4 is 5.32 Å². The van der Waals surface area contributed by atoms with Crippen LogP contribution in [0.2, 0.25) is 0 Å². The number of rotatable bonds is 5. The number of carbonyl (C=O) groups excluding carboxylic acids is 1. The average Bonchev–Trinajstić information content (AvgIpc) is 3.11. The van der Waals surface area contributed by atoms with E-state index in [2.05, 4.69) is 15.4 Å². The number of nitrogens with one attached hydrogen (secondary N) is 1. The smallest absolute Gasteiger partial charge is 0.194 e. The van der Waals surface area contributed by atoms with Crippen LogP contribution in [0.3, 0.4) is 0 Å². The third-order valence-corrected chi connectivity index (χ3v) is 3.62. The Bertz CT molecular complexity index is 788. The maximum absolute atomic E-state index is 12.9. The number of nitrogens with zero attached hydrogens (tertiary/aromatic N) is 3. The quantitative estimate of drug-likeness (QED) is 0.577. The number of thiocarbonyl (C=S) groups is 1. The van der Waals surface area contributed by atoms with Crippen molar-refractivity contribution in [2.75, 3.05) is 5.32 Å². The summed E-state index contributed by atoms with van der Waals surface area (Å²) in [5.41, 5.74) is 1.40. The molecule has 0 aliphatic rings. The third-order valence-electron chi connectivity index (χ3n) is 3.30. The number of anilines is 1. The van der Waals surface area contributed by atoms with E-state index in [1.54, 1.807) is 12.1 Å². The van der Waals surface area contributed by atoms with Crippen LogP contribution in [0.4, 0.5) is 5.69 Å². The van der Waals surface area contributed by atoms with E-state index in [-0.39, 0.29) is 5.78 Å². The first-order valence-corrected chi connectivity index (χ1v) is 7.46. The average molecular weight is 322 g/mol. The molecule has 0 bridgehead atoms. The summed E-state index contributed by atoms with van der Waals surface area (Å²) in [6.07, 6.45) is 2.88. The zero-order valence-corrected chi connectivity index (χ0v) is 13.0. The second-order valence-corrected chi connectivity index (χ2v) is 5.30. The Morgan fingerprint density at radius 3 is 2.30 bits per heavy atom. The molecule has 114 valence electrons. The lowest BCUT2D eigenvalue weighted by molar-refractivity contribution is 0.0953. The van der Waals surface area contributed by atoms with Crippen molar-refractivity contribution in [3.8, 4) is 0 Å². The van der Waals surface area contributed by atoms with E-state index >= 15 is 0 Å². The molecule has 0 fully saturated rings. The van der Waals surface area contributed by atoms with Gasteiger partial charge < -0.3 is 5.32 Å². The van der Waals surface area contributed by atoms with Crippen molar-refractivity contribution in [3.05, 3.63) is 78.9 Å². The number of Topliss-reactive ketones (excluding diaryl/α,β-unsaturated/α-hetero) is 1. The summed E-state index contributed by atoms with van der Waals surface area (Å²) in [6.45, 7) is 0. The van der Waals surface area contributed by atoms with Crippen molar-refractivity contribution in [3.63, 3.8) is 0 Å². The Labute approximate surface area is 139 Å². The van der Waals surface area contributed by atoms with Gasteiger partial charge in [-0.25, -0.2) is 9.67 Å². The van der Waals surface area contributed by atoms with E-state index in [9.17, 15) is 4.79 Å². The van der Waals surface area contributed by atoms with Gasteiger partial charge >= 0.3 is 0 Å². The molecule has 0 aliphatic carbocycles. The molecule has 0 aliphatic heterocycles. The Morgan fingerprint density at radius 2 is 1.70 bits per heavy atom. The highest BCUT2D eigenvalue weighted by Crippen LogP contribution is 2.18. The molecule has 5 nitrogen and oxygen atoms in total. The summed E-state index contributed by atoms with van der Waals surface area (Å²) in [5, 5.41) is 7.19. The molecule has 0 spiro atoms. The summed E-state index contributed by atoms with van der Waals surface area (Å²) < 4.78 is 1.47. The fourth-order valence-electron chi connectivity index (χ4n) is 2.20. The summed E-state index contributed by atoms with van der Waals surface area (Å²) in [7, 11) is 0. The van der Waals surface area contributed by atoms with Gasteiger partial charge in [0, 0.05) is 11.3 Å². The standard InChI is InChI=1S/C17H14N4OS/c22-16(13-7-3-1-4-8-13)15(21-12-18-11-19-21)17(23)20-14-9-5-2-6-10-14/h1-12,15H,(H,20,23). The van der Waals surface area contributed by atoms with Gasteiger partial charge in [-0.3, -0.25) is 4.79 Å². The molecule has 0 saturated carbocycles. The molecule has 1 N–H and O–H groups in total. The molecular weight excluding hydrogens is 308 g/mol. The van der Waals surface area contributed by atoms with Crippen LogP contribution in [0.5, 0.6) is 0 Å². The van der Waals surface area contributed by atoms with Crippen LogP contribution in [0.15, 0.2) is 73.3 Å². The minimum Gasteiger partial charge on any atom is -0.348 e. The van der Waals surface area contributed by atoms with Gasteiger partial charge in [0.05, 0.1) is 0 Å². The number of hydrogen-bond donors (Lipinski definition) is 1. The molecule has 3 rings (SSSR count). The lowest BCUT2D eigenvalue weighted by atomic mass is 10.0. The maximum Gasteiger partial charge on any atom is 0.194 e. The van der Waals surface area contributed by atoms with Crippen LogP contribution >= 0.6 is 12.2 Å². The summed E-state index contributed by atoms with van der Waals surface area (Å²) in [6, 6.07) is 17.8. The van der Waals surface area contributed by atoms with Crippen LogP contribution in [0, 0.1) is 0 Å². The van der Waals surface area contributed by atoms with Gasteiger partial charge in [-0.15, -0.1) is 0 Å². The van der Waals surface area contributed by atoms with Crippen molar-refractivity contribution < 1.29 is 4.79 Å². The fraction of sp³-hybridized carbons (Fsp3) is 0.0588. The Kier molecular flexibility index (Phi) is 4.54. The molecule has 1 atom stereocenters. The molecule has 23 heavy (non-hydrogen) atoms. The number of para-hydroxylation sites is 1. The zero-order chi connectivity index (χ0) is 16.1. The highest BCUT2D eigenvalue weighted by atomic mass is 32.1. The molecular formula is C17H14N4OS. The van der Waals surface area contributed by atoms with Crippen LogP contribution in [0.1, 0.15) is 16.4 Å². The zero-order valence-electron chi connectivity index (χ0n) is 12.2. The lowest BCUT2D eigenvalue weighted by Crippen LogP contribution is -2.31. The molecule has 2 aromatic carbocycles. The number of ketones is 1. The molecule has 6 heteroatoms. The molecule has 0 radical (unpaired) electrons. The van der Waals surface area contributed by atoms with Crippen molar-refractivity contribution >= 4 is 28.7 Å². The van der Waals surface area contributed by atoms with Crippen LogP contribution in [-0.4, -0.2) is 25.5 Å². The van der Waals surface area contributed by atoms with Gasteiger partial charge in [0.2, 0.25) is 0 Å². The minimum atomic E-state index is -0.741. The topological polar surface area (TPSA) is 59.8 Å². The highest BCUT2D eigenvalue weighted by Gasteiger charge is 2.27. The Balaban J connectivity index is 1.90. The molecule has 0 saturated heterocycles. The van der Waals surface area contributed by atoms with Gasteiger partial charge in [0.15, 0.2) is 11.8 Å².